The highest BCUT2D eigenvalue weighted by molar-refractivity contribution is 7.98. The molecule has 0 saturated heterocycles. The summed E-state index contributed by atoms with van der Waals surface area (Å²) < 4.78 is 0.986. The zero-order valence-corrected chi connectivity index (χ0v) is 6.63. The third kappa shape index (κ3) is 1.30. The Morgan fingerprint density at radius 1 is 1.91 bits per heavy atom. The van der Waals surface area contributed by atoms with E-state index in [0.29, 0.717) is 5.03 Å². The van der Waals surface area contributed by atoms with E-state index in [1.54, 1.807) is 6.26 Å². The molecule has 11 heavy (non-hydrogen) atoms. The highest BCUT2D eigenvalue weighted by Crippen LogP contribution is 2.20. The van der Waals surface area contributed by atoms with Gasteiger partial charge in [0.1, 0.15) is 11.4 Å². The number of aromatic nitrogens is 2. The van der Waals surface area contributed by atoms with Crippen LogP contribution in [0.2, 0.25) is 0 Å². The predicted molar refractivity (Wildman–Crippen MR) is 41.8 cm³/mol. The molecule has 0 aromatic carbocycles. The summed E-state index contributed by atoms with van der Waals surface area (Å²) in [6, 6.07) is 0. The van der Waals surface area contributed by atoms with Crippen molar-refractivity contribution in [1.82, 2.24) is 9.55 Å². The SMILES string of the molecule is CSc1c(N)ncn1C(=O)O. The van der Waals surface area contributed by atoms with Crippen LogP contribution >= 0.6 is 11.8 Å². The van der Waals surface area contributed by atoms with Crippen molar-refractivity contribution in [2.24, 2.45) is 0 Å². The molecule has 1 aromatic rings. The second kappa shape index (κ2) is 2.83. The maximum Gasteiger partial charge on any atom is 0.417 e. The predicted octanol–water partition coefficient (Wildman–Crippen LogP) is 0.713. The number of rotatable bonds is 1. The number of anilines is 1. The fourth-order valence-electron chi connectivity index (χ4n) is 0.690. The summed E-state index contributed by atoms with van der Waals surface area (Å²) in [5, 5.41) is 9.02. The Kier molecular flexibility index (Phi) is 2.04. The first-order valence-electron chi connectivity index (χ1n) is 2.77. The monoisotopic (exact) mass is 173 g/mol. The minimum Gasteiger partial charge on any atom is -0.464 e. The summed E-state index contributed by atoms with van der Waals surface area (Å²) in [7, 11) is 0. The summed E-state index contributed by atoms with van der Waals surface area (Å²) in [6.07, 6.45) is 1.86. The molecule has 0 unspecified atom stereocenters. The minimum atomic E-state index is -1.07. The zero-order chi connectivity index (χ0) is 8.43. The van der Waals surface area contributed by atoms with Crippen LogP contribution in [0.4, 0.5) is 10.6 Å². The van der Waals surface area contributed by atoms with Gasteiger partial charge >= 0.3 is 6.09 Å². The molecule has 0 amide bonds. The van der Waals surface area contributed by atoms with Crippen molar-refractivity contribution in [3.05, 3.63) is 6.33 Å². The lowest BCUT2D eigenvalue weighted by molar-refractivity contribution is 0.194. The first kappa shape index (κ1) is 7.93. The summed E-state index contributed by atoms with van der Waals surface area (Å²) >= 11 is 1.25. The first-order chi connectivity index (χ1) is 5.16. The van der Waals surface area contributed by atoms with Crippen molar-refractivity contribution in [2.75, 3.05) is 12.0 Å². The lowest BCUT2D eigenvalue weighted by atomic mass is 10.8. The van der Waals surface area contributed by atoms with Gasteiger partial charge < -0.3 is 10.8 Å². The Bertz CT molecular complexity index is 283. The molecular weight excluding hydrogens is 166 g/mol. The third-order valence-corrected chi connectivity index (χ3v) is 1.94. The standard InChI is InChI=1S/C5H7N3O2S/c1-11-4-3(6)7-2-8(4)5(9)10/h2H,6H2,1H3,(H,9,10). The zero-order valence-electron chi connectivity index (χ0n) is 5.81. The average Bonchev–Trinajstić information content (AvgIpc) is 2.30. The molecule has 0 radical (unpaired) electrons. The molecular formula is C5H7N3O2S. The van der Waals surface area contributed by atoms with Gasteiger partial charge in [0.2, 0.25) is 0 Å². The van der Waals surface area contributed by atoms with Crippen LogP contribution in [0.1, 0.15) is 0 Å². The number of nitrogen functional groups attached to an aromatic ring is 1. The van der Waals surface area contributed by atoms with Crippen LogP contribution in [-0.2, 0) is 0 Å². The minimum absolute atomic E-state index is 0.250. The van der Waals surface area contributed by atoms with E-state index in [1.165, 1.54) is 18.1 Å². The largest absolute Gasteiger partial charge is 0.464 e. The quantitative estimate of drug-likeness (QED) is 0.611. The molecule has 1 heterocycles. The molecule has 6 heteroatoms. The summed E-state index contributed by atoms with van der Waals surface area (Å²) in [6.45, 7) is 0. The maximum atomic E-state index is 10.4. The van der Waals surface area contributed by atoms with Gasteiger partial charge in [-0.3, -0.25) is 0 Å². The van der Waals surface area contributed by atoms with E-state index in [1.807, 2.05) is 0 Å². The van der Waals surface area contributed by atoms with Crippen molar-refractivity contribution in [2.45, 2.75) is 5.03 Å². The van der Waals surface area contributed by atoms with Gasteiger partial charge in [-0.05, 0) is 6.26 Å². The maximum absolute atomic E-state index is 10.4. The van der Waals surface area contributed by atoms with E-state index in [-0.39, 0.29) is 5.82 Å². The van der Waals surface area contributed by atoms with Crippen molar-refractivity contribution < 1.29 is 9.90 Å². The molecule has 0 aliphatic carbocycles. The van der Waals surface area contributed by atoms with E-state index >= 15 is 0 Å². The molecule has 0 aliphatic heterocycles. The second-order valence-corrected chi connectivity index (χ2v) is 2.59. The Labute approximate surface area is 67.2 Å². The lowest BCUT2D eigenvalue weighted by Gasteiger charge is -1.97. The Morgan fingerprint density at radius 2 is 2.55 bits per heavy atom. The van der Waals surface area contributed by atoms with Crippen molar-refractivity contribution in [3.8, 4) is 0 Å². The van der Waals surface area contributed by atoms with Crippen LogP contribution in [0.5, 0.6) is 0 Å². The first-order valence-corrected chi connectivity index (χ1v) is 3.99. The number of nitrogens with zero attached hydrogens (tertiary/aromatic N) is 2. The molecule has 0 spiro atoms. The van der Waals surface area contributed by atoms with Gasteiger partial charge in [0, 0.05) is 0 Å². The van der Waals surface area contributed by atoms with Gasteiger partial charge in [0.15, 0.2) is 5.82 Å². The number of hydrogen-bond acceptors (Lipinski definition) is 4. The van der Waals surface area contributed by atoms with E-state index in [9.17, 15) is 4.79 Å². The van der Waals surface area contributed by atoms with Gasteiger partial charge in [-0.2, -0.15) is 0 Å². The molecule has 1 rings (SSSR count). The Balaban J connectivity index is 3.15. The number of carbonyl (C=O) groups is 1. The van der Waals surface area contributed by atoms with Gasteiger partial charge in [-0.25, -0.2) is 14.3 Å². The smallest absolute Gasteiger partial charge is 0.417 e. The van der Waals surface area contributed by atoms with Gasteiger partial charge in [0.05, 0.1) is 0 Å². The van der Waals surface area contributed by atoms with Gasteiger partial charge in [-0.15, -0.1) is 11.8 Å². The van der Waals surface area contributed by atoms with E-state index in [2.05, 4.69) is 4.98 Å². The van der Waals surface area contributed by atoms with Crippen LogP contribution in [0.15, 0.2) is 11.4 Å². The molecule has 60 valence electrons. The molecule has 5 nitrogen and oxygen atoms in total. The van der Waals surface area contributed by atoms with Crippen molar-refractivity contribution in [3.63, 3.8) is 0 Å². The van der Waals surface area contributed by atoms with Crippen molar-refractivity contribution in [1.29, 1.82) is 0 Å². The number of thioether (sulfide) groups is 1. The highest BCUT2D eigenvalue weighted by Gasteiger charge is 2.10. The number of nitrogens with two attached hydrogens (primary N) is 1. The fourth-order valence-corrected chi connectivity index (χ4v) is 1.27. The topological polar surface area (TPSA) is 81.1 Å². The van der Waals surface area contributed by atoms with Gasteiger partial charge in [0.25, 0.3) is 0 Å². The number of carboxylic acid groups (broad SMARTS) is 1. The molecule has 3 N–H and O–H groups in total. The molecule has 0 atom stereocenters. The summed E-state index contributed by atoms with van der Waals surface area (Å²) in [5.41, 5.74) is 5.37. The van der Waals surface area contributed by atoms with Crippen molar-refractivity contribution >= 4 is 23.7 Å². The van der Waals surface area contributed by atoms with Crippen LogP contribution in [-0.4, -0.2) is 27.0 Å². The van der Waals surface area contributed by atoms with E-state index in [4.69, 9.17) is 10.8 Å². The van der Waals surface area contributed by atoms with Gasteiger partial charge in [-0.1, -0.05) is 0 Å². The molecule has 0 bridgehead atoms. The normalized spacial score (nSPS) is 9.91. The Hall–Kier alpha value is -1.17. The molecule has 0 fully saturated rings. The third-order valence-electron chi connectivity index (χ3n) is 1.15. The highest BCUT2D eigenvalue weighted by atomic mass is 32.2. The van der Waals surface area contributed by atoms with Crippen LogP contribution < -0.4 is 5.73 Å². The van der Waals surface area contributed by atoms with E-state index in [0.717, 1.165) is 4.57 Å². The van der Waals surface area contributed by atoms with Crippen LogP contribution in [0.3, 0.4) is 0 Å². The van der Waals surface area contributed by atoms with Crippen LogP contribution in [0, 0.1) is 0 Å². The Morgan fingerprint density at radius 3 is 2.91 bits per heavy atom. The second-order valence-electron chi connectivity index (χ2n) is 1.79. The summed E-state index contributed by atoms with van der Waals surface area (Å²) in [5.74, 6) is 0.250. The summed E-state index contributed by atoms with van der Waals surface area (Å²) in [4.78, 5) is 14.1. The van der Waals surface area contributed by atoms with Crippen LogP contribution in [0.25, 0.3) is 0 Å². The lowest BCUT2D eigenvalue weighted by Crippen LogP contribution is -2.07. The number of imidazole rings is 1. The molecule has 0 aliphatic rings. The number of hydrogen-bond donors (Lipinski definition) is 2. The van der Waals surface area contributed by atoms with E-state index < -0.39 is 6.09 Å². The molecule has 1 aromatic heterocycles. The fraction of sp³-hybridized carbons (Fsp3) is 0.200. The molecule has 0 saturated carbocycles. The average molecular weight is 173 g/mol.